The molecule has 1 aliphatic carbocycles. The molecule has 0 saturated heterocycles. The minimum atomic E-state index is 0.233. The van der Waals surface area contributed by atoms with Crippen LogP contribution in [0.3, 0.4) is 0 Å². The Morgan fingerprint density at radius 1 is 1.35 bits per heavy atom. The molecule has 4 nitrogen and oxygen atoms in total. The Bertz CT molecular complexity index is 227. The van der Waals surface area contributed by atoms with Crippen molar-refractivity contribution in [2.24, 2.45) is 5.73 Å². The lowest BCUT2D eigenvalue weighted by Crippen LogP contribution is -2.43. The van der Waals surface area contributed by atoms with E-state index in [1.54, 1.807) is 4.90 Å². The highest BCUT2D eigenvalue weighted by Gasteiger charge is 2.24. The van der Waals surface area contributed by atoms with Crippen LogP contribution in [0.2, 0.25) is 0 Å². The number of amides is 1. The summed E-state index contributed by atoms with van der Waals surface area (Å²) in [6, 6.07) is 0.607. The second-order valence-electron chi connectivity index (χ2n) is 4.96. The molecule has 0 aromatic rings. The number of nitrogens with two attached hydrogens (primary N) is 1. The minimum Gasteiger partial charge on any atom is -0.345 e. The van der Waals surface area contributed by atoms with Crippen LogP contribution in [-0.4, -0.2) is 55.0 Å². The van der Waals surface area contributed by atoms with E-state index in [0.29, 0.717) is 19.1 Å². The first-order valence-corrected chi connectivity index (χ1v) is 6.87. The molecule has 0 spiro atoms. The smallest absolute Gasteiger partial charge is 0.236 e. The van der Waals surface area contributed by atoms with Crippen molar-refractivity contribution in [3.05, 3.63) is 0 Å². The van der Waals surface area contributed by atoms with Crippen LogP contribution in [0.5, 0.6) is 0 Å². The molecule has 0 unspecified atom stereocenters. The van der Waals surface area contributed by atoms with E-state index >= 15 is 0 Å². The van der Waals surface area contributed by atoms with Gasteiger partial charge in [-0.25, -0.2) is 0 Å². The van der Waals surface area contributed by atoms with Gasteiger partial charge in [0.15, 0.2) is 0 Å². The summed E-state index contributed by atoms with van der Waals surface area (Å²) in [5.74, 6) is 0.233. The molecule has 100 valence electrons. The van der Waals surface area contributed by atoms with Gasteiger partial charge in [0.1, 0.15) is 0 Å². The van der Waals surface area contributed by atoms with Crippen molar-refractivity contribution in [1.82, 2.24) is 9.80 Å². The molecule has 0 aliphatic heterocycles. The molecule has 1 saturated carbocycles. The molecule has 1 fully saturated rings. The fraction of sp³-hybridized carbons (Fsp3) is 0.923. The molecule has 0 atom stereocenters. The predicted molar refractivity (Wildman–Crippen MR) is 70.8 cm³/mol. The van der Waals surface area contributed by atoms with E-state index in [4.69, 9.17) is 5.73 Å². The Hall–Kier alpha value is -0.610. The third-order valence-corrected chi connectivity index (χ3v) is 3.73. The van der Waals surface area contributed by atoms with Gasteiger partial charge in [0, 0.05) is 26.2 Å². The molecule has 1 amide bonds. The van der Waals surface area contributed by atoms with Gasteiger partial charge in [0.05, 0.1) is 6.54 Å². The minimum absolute atomic E-state index is 0.233. The van der Waals surface area contributed by atoms with Crippen molar-refractivity contribution < 1.29 is 4.79 Å². The van der Waals surface area contributed by atoms with Crippen LogP contribution >= 0.6 is 0 Å². The number of likely N-dealkylation sites (N-methyl/N-ethyl adjacent to an activating group) is 1. The Morgan fingerprint density at radius 3 is 2.53 bits per heavy atom. The molecule has 0 aromatic heterocycles. The zero-order chi connectivity index (χ0) is 12.7. The third-order valence-electron chi connectivity index (χ3n) is 3.73. The van der Waals surface area contributed by atoms with Gasteiger partial charge in [-0.05, 0) is 32.7 Å². The topological polar surface area (TPSA) is 49.6 Å². The highest BCUT2D eigenvalue weighted by molar-refractivity contribution is 5.77. The van der Waals surface area contributed by atoms with Gasteiger partial charge in [-0.2, -0.15) is 0 Å². The predicted octanol–water partition coefficient (Wildman–Crippen LogP) is 1.06. The number of carbonyl (C=O) groups is 1. The van der Waals surface area contributed by atoms with Crippen LogP contribution in [0.4, 0.5) is 0 Å². The van der Waals surface area contributed by atoms with Crippen LogP contribution in [0.1, 0.15) is 39.0 Å². The van der Waals surface area contributed by atoms with Crippen molar-refractivity contribution >= 4 is 5.91 Å². The van der Waals surface area contributed by atoms with E-state index in [2.05, 4.69) is 4.90 Å². The zero-order valence-corrected chi connectivity index (χ0v) is 11.3. The lowest BCUT2D eigenvalue weighted by atomic mass is 10.2. The Kier molecular flexibility index (Phi) is 6.52. The average molecular weight is 241 g/mol. The van der Waals surface area contributed by atoms with Crippen molar-refractivity contribution in [3.8, 4) is 0 Å². The van der Waals surface area contributed by atoms with Crippen LogP contribution in [0, 0.1) is 0 Å². The van der Waals surface area contributed by atoms with Gasteiger partial charge >= 0.3 is 0 Å². The standard InChI is InChI=1S/C13H27N3O/c1-3-15(2)13(17)11-16(10-6-9-14)12-7-4-5-8-12/h12H,3-11,14H2,1-2H3. The summed E-state index contributed by atoms with van der Waals surface area (Å²) in [6.45, 7) is 5.03. The quantitative estimate of drug-likeness (QED) is 0.725. The van der Waals surface area contributed by atoms with Gasteiger partial charge in [-0.15, -0.1) is 0 Å². The number of rotatable bonds is 7. The maximum atomic E-state index is 12.0. The molecule has 0 bridgehead atoms. The van der Waals surface area contributed by atoms with Crippen LogP contribution < -0.4 is 5.73 Å². The summed E-state index contributed by atoms with van der Waals surface area (Å²) in [5, 5.41) is 0. The lowest BCUT2D eigenvalue weighted by molar-refractivity contribution is -0.131. The summed E-state index contributed by atoms with van der Waals surface area (Å²) in [5.41, 5.74) is 5.57. The lowest BCUT2D eigenvalue weighted by Gasteiger charge is -2.29. The molecule has 17 heavy (non-hydrogen) atoms. The van der Waals surface area contributed by atoms with Crippen molar-refractivity contribution in [1.29, 1.82) is 0 Å². The summed E-state index contributed by atoms with van der Waals surface area (Å²) < 4.78 is 0. The van der Waals surface area contributed by atoms with Crippen molar-refractivity contribution in [3.63, 3.8) is 0 Å². The highest BCUT2D eigenvalue weighted by Crippen LogP contribution is 2.23. The maximum Gasteiger partial charge on any atom is 0.236 e. The van der Waals surface area contributed by atoms with E-state index in [1.165, 1.54) is 25.7 Å². The van der Waals surface area contributed by atoms with Crippen LogP contribution in [-0.2, 0) is 4.79 Å². The van der Waals surface area contributed by atoms with Crippen molar-refractivity contribution in [2.45, 2.75) is 45.1 Å². The molecular formula is C13H27N3O. The normalized spacial score (nSPS) is 16.7. The molecule has 0 heterocycles. The first-order chi connectivity index (χ1) is 8.19. The average Bonchev–Trinajstić information content (AvgIpc) is 2.86. The van der Waals surface area contributed by atoms with Gasteiger partial charge in [0.2, 0.25) is 5.91 Å². The largest absolute Gasteiger partial charge is 0.345 e. The van der Waals surface area contributed by atoms with Gasteiger partial charge in [0.25, 0.3) is 0 Å². The van der Waals surface area contributed by atoms with E-state index in [-0.39, 0.29) is 5.91 Å². The summed E-state index contributed by atoms with van der Waals surface area (Å²) in [7, 11) is 1.87. The van der Waals surface area contributed by atoms with Gasteiger partial charge < -0.3 is 10.6 Å². The second-order valence-corrected chi connectivity index (χ2v) is 4.96. The summed E-state index contributed by atoms with van der Waals surface area (Å²) in [6.07, 6.45) is 6.09. The Balaban J connectivity index is 2.47. The van der Waals surface area contributed by atoms with E-state index < -0.39 is 0 Å². The monoisotopic (exact) mass is 241 g/mol. The molecule has 4 heteroatoms. The zero-order valence-electron chi connectivity index (χ0n) is 11.3. The fourth-order valence-corrected chi connectivity index (χ4v) is 2.43. The molecule has 2 N–H and O–H groups in total. The van der Waals surface area contributed by atoms with Crippen molar-refractivity contribution in [2.75, 3.05) is 33.2 Å². The number of nitrogens with zero attached hydrogens (tertiary/aromatic N) is 2. The first kappa shape index (κ1) is 14.5. The molecule has 1 rings (SSSR count). The van der Waals surface area contributed by atoms with Crippen LogP contribution in [0.25, 0.3) is 0 Å². The summed E-state index contributed by atoms with van der Waals surface area (Å²) >= 11 is 0. The van der Waals surface area contributed by atoms with E-state index in [9.17, 15) is 4.79 Å². The van der Waals surface area contributed by atoms with Gasteiger partial charge in [-0.3, -0.25) is 9.69 Å². The van der Waals surface area contributed by atoms with E-state index in [0.717, 1.165) is 19.5 Å². The number of hydrogen-bond acceptors (Lipinski definition) is 3. The Morgan fingerprint density at radius 2 is 2.00 bits per heavy atom. The fourth-order valence-electron chi connectivity index (χ4n) is 2.43. The number of carbonyl (C=O) groups excluding carboxylic acids is 1. The second kappa shape index (κ2) is 7.67. The molecule has 0 aromatic carbocycles. The van der Waals surface area contributed by atoms with E-state index in [1.807, 2.05) is 14.0 Å². The maximum absolute atomic E-state index is 12.0. The molecule has 1 aliphatic rings. The number of hydrogen-bond donors (Lipinski definition) is 1. The van der Waals surface area contributed by atoms with Gasteiger partial charge in [-0.1, -0.05) is 12.8 Å². The molecular weight excluding hydrogens is 214 g/mol. The highest BCUT2D eigenvalue weighted by atomic mass is 16.2. The van der Waals surface area contributed by atoms with Crippen LogP contribution in [0.15, 0.2) is 0 Å². The SMILES string of the molecule is CCN(C)C(=O)CN(CCCN)C1CCCC1. The first-order valence-electron chi connectivity index (χ1n) is 6.87. The molecule has 0 radical (unpaired) electrons. The summed E-state index contributed by atoms with van der Waals surface area (Å²) in [4.78, 5) is 16.1. The third kappa shape index (κ3) is 4.64. The Labute approximate surface area is 105 Å².